The molecule has 0 atom stereocenters. The van der Waals surface area contributed by atoms with Gasteiger partial charge in [0.25, 0.3) is 0 Å². The van der Waals surface area contributed by atoms with Gasteiger partial charge in [-0.2, -0.15) is 0 Å². The molecule has 0 unspecified atom stereocenters. The first-order valence-electron chi connectivity index (χ1n) is 9.58. The predicted octanol–water partition coefficient (Wildman–Crippen LogP) is 3.33. The third kappa shape index (κ3) is 8.20. The number of nitrogens with one attached hydrogen (secondary N) is 1. The number of amides is 1. The average molecular weight is 420 g/mol. The van der Waals surface area contributed by atoms with Gasteiger partial charge in [0.2, 0.25) is 5.88 Å². The number of carbonyl (C=O) groups excluding carboxylic acids is 1. The smallest absolute Gasteiger partial charge is 0.407 e. The van der Waals surface area contributed by atoms with Crippen LogP contribution in [0.3, 0.4) is 0 Å². The minimum Gasteiger partial charge on any atom is -0.489 e. The van der Waals surface area contributed by atoms with Gasteiger partial charge in [0.1, 0.15) is 24.6 Å². The molecule has 9 heteroatoms. The van der Waals surface area contributed by atoms with Crippen molar-refractivity contribution in [2.24, 2.45) is 0 Å². The maximum atomic E-state index is 13.1. The molecule has 1 heterocycles. The highest BCUT2D eigenvalue weighted by atomic mass is 19.1. The zero-order valence-corrected chi connectivity index (χ0v) is 18.1. The molecule has 1 aromatic heterocycles. The second-order valence-corrected chi connectivity index (χ2v) is 7.92. The van der Waals surface area contributed by atoms with Crippen molar-refractivity contribution in [1.29, 1.82) is 0 Å². The van der Waals surface area contributed by atoms with E-state index in [1.165, 1.54) is 0 Å². The van der Waals surface area contributed by atoms with Crippen LogP contribution >= 0.6 is 0 Å². The summed E-state index contributed by atoms with van der Waals surface area (Å²) in [5, 5.41) is 2.50. The Kier molecular flexibility index (Phi) is 8.35. The summed E-state index contributed by atoms with van der Waals surface area (Å²) in [4.78, 5) is 22.4. The summed E-state index contributed by atoms with van der Waals surface area (Å²) in [6.45, 7) is 6.50. The molecule has 8 nitrogen and oxygen atoms in total. The van der Waals surface area contributed by atoms with E-state index in [-0.39, 0.29) is 18.7 Å². The van der Waals surface area contributed by atoms with E-state index in [1.807, 2.05) is 19.0 Å². The van der Waals surface area contributed by atoms with Crippen molar-refractivity contribution in [3.05, 3.63) is 36.3 Å². The summed E-state index contributed by atoms with van der Waals surface area (Å²) in [5.74, 6) is 0.962. The number of likely N-dealkylation sites (N-methyl/N-ethyl adjacent to an activating group) is 1. The monoisotopic (exact) mass is 420 g/mol. The number of nitrogens with zero attached hydrogens (tertiary/aromatic N) is 3. The lowest BCUT2D eigenvalue weighted by Gasteiger charge is -2.20. The number of fused-ring (bicyclic) bond motifs is 1. The Morgan fingerprint density at radius 3 is 2.67 bits per heavy atom. The van der Waals surface area contributed by atoms with Crippen molar-refractivity contribution in [2.75, 3.05) is 40.4 Å². The number of halogens is 1. The van der Waals surface area contributed by atoms with Crippen molar-refractivity contribution in [3.63, 3.8) is 0 Å². The van der Waals surface area contributed by atoms with E-state index >= 15 is 0 Å². The first-order chi connectivity index (χ1) is 14.2. The van der Waals surface area contributed by atoms with Crippen LogP contribution in [0.4, 0.5) is 9.18 Å². The number of hydrogen-bond donors (Lipinski definition) is 1. The Hall–Kier alpha value is -2.94. The summed E-state index contributed by atoms with van der Waals surface area (Å²) in [5.41, 5.74) is 0.933. The largest absolute Gasteiger partial charge is 0.489 e. The number of alkyl carbamates (subject to hydrolysis) is 1. The lowest BCUT2D eigenvalue weighted by molar-refractivity contribution is 0.0531. The third-order valence-corrected chi connectivity index (χ3v) is 3.72. The topological polar surface area (TPSA) is 85.8 Å². The van der Waals surface area contributed by atoms with Crippen LogP contribution in [0.1, 0.15) is 20.8 Å². The second kappa shape index (κ2) is 10.7. The number of carbonyl (C=O) groups is 1. The first kappa shape index (κ1) is 23.3. The lowest BCUT2D eigenvalue weighted by atomic mass is 10.2. The lowest BCUT2D eigenvalue weighted by Crippen LogP contribution is -2.34. The zero-order valence-electron chi connectivity index (χ0n) is 18.1. The van der Waals surface area contributed by atoms with Gasteiger partial charge in [0.05, 0.1) is 23.6 Å². The summed E-state index contributed by atoms with van der Waals surface area (Å²) < 4.78 is 29.4. The molecule has 0 aliphatic rings. The predicted molar refractivity (Wildman–Crippen MR) is 113 cm³/mol. The van der Waals surface area contributed by atoms with Gasteiger partial charge in [-0.1, -0.05) is 0 Å². The minimum absolute atomic E-state index is 0.0214. The quantitative estimate of drug-likeness (QED) is 0.666. The van der Waals surface area contributed by atoms with Crippen LogP contribution in [-0.4, -0.2) is 67.0 Å². The molecule has 0 fully saturated rings. The van der Waals surface area contributed by atoms with Gasteiger partial charge in [-0.15, -0.1) is 0 Å². The van der Waals surface area contributed by atoms with E-state index in [4.69, 9.17) is 14.2 Å². The highest BCUT2D eigenvalue weighted by molar-refractivity contribution is 5.76. The Labute approximate surface area is 176 Å². The van der Waals surface area contributed by atoms with E-state index in [2.05, 4.69) is 15.3 Å². The SMILES string of the molecule is CN(C)CCOc1cnc2cc(OC/C(=C/F)CNC(=O)OC(C)(C)C)ccc2n1. The molecule has 164 valence electrons. The first-order valence-corrected chi connectivity index (χ1v) is 9.58. The maximum absolute atomic E-state index is 13.1. The van der Waals surface area contributed by atoms with Crippen LogP contribution < -0.4 is 14.8 Å². The molecule has 0 aliphatic heterocycles. The van der Waals surface area contributed by atoms with Crippen LogP contribution in [0, 0.1) is 0 Å². The van der Waals surface area contributed by atoms with Gasteiger partial charge in [-0.25, -0.2) is 19.2 Å². The molecule has 0 aliphatic carbocycles. The van der Waals surface area contributed by atoms with Gasteiger partial charge >= 0.3 is 6.09 Å². The molecule has 2 aromatic rings. The van der Waals surface area contributed by atoms with Crippen LogP contribution in [0.25, 0.3) is 11.0 Å². The van der Waals surface area contributed by atoms with Crippen LogP contribution in [0.15, 0.2) is 36.3 Å². The Morgan fingerprint density at radius 2 is 2.00 bits per heavy atom. The molecule has 1 aromatic carbocycles. The van der Waals surface area contributed by atoms with Crippen molar-refractivity contribution < 1.29 is 23.4 Å². The molecule has 30 heavy (non-hydrogen) atoms. The van der Waals surface area contributed by atoms with Gasteiger partial charge < -0.3 is 24.4 Å². The Morgan fingerprint density at radius 1 is 1.23 bits per heavy atom. The fourth-order valence-corrected chi connectivity index (χ4v) is 2.26. The number of hydrogen-bond acceptors (Lipinski definition) is 7. The highest BCUT2D eigenvalue weighted by Crippen LogP contribution is 2.20. The average Bonchev–Trinajstić information content (AvgIpc) is 2.66. The third-order valence-electron chi connectivity index (χ3n) is 3.72. The Balaban J connectivity index is 1.89. The molecule has 0 spiro atoms. The molecule has 0 radical (unpaired) electrons. The minimum atomic E-state index is -0.621. The summed E-state index contributed by atoms with van der Waals surface area (Å²) >= 11 is 0. The molecule has 1 N–H and O–H groups in total. The van der Waals surface area contributed by atoms with Crippen LogP contribution in [0.5, 0.6) is 11.6 Å². The van der Waals surface area contributed by atoms with Gasteiger partial charge in [0.15, 0.2) is 0 Å². The number of aromatic nitrogens is 2. The number of ether oxygens (including phenoxy) is 3. The van der Waals surface area contributed by atoms with Crippen LogP contribution in [-0.2, 0) is 4.74 Å². The van der Waals surface area contributed by atoms with Crippen molar-refractivity contribution in [1.82, 2.24) is 20.2 Å². The molecular formula is C21H29FN4O4. The summed E-state index contributed by atoms with van der Waals surface area (Å²) in [7, 11) is 3.93. The van der Waals surface area contributed by atoms with Gasteiger partial charge in [-0.3, -0.25) is 0 Å². The van der Waals surface area contributed by atoms with Crippen molar-refractivity contribution >= 4 is 17.1 Å². The van der Waals surface area contributed by atoms with E-state index in [9.17, 15) is 9.18 Å². The van der Waals surface area contributed by atoms with E-state index in [1.54, 1.807) is 45.2 Å². The van der Waals surface area contributed by atoms with E-state index < -0.39 is 11.7 Å². The van der Waals surface area contributed by atoms with Crippen molar-refractivity contribution in [2.45, 2.75) is 26.4 Å². The van der Waals surface area contributed by atoms with Crippen molar-refractivity contribution in [3.8, 4) is 11.6 Å². The second-order valence-electron chi connectivity index (χ2n) is 7.92. The maximum Gasteiger partial charge on any atom is 0.407 e. The fraction of sp³-hybridized carbons (Fsp3) is 0.476. The molecule has 1 amide bonds. The zero-order chi connectivity index (χ0) is 22.1. The highest BCUT2D eigenvalue weighted by Gasteiger charge is 2.16. The molecule has 2 rings (SSSR count). The number of benzene rings is 1. The van der Waals surface area contributed by atoms with Gasteiger partial charge in [0, 0.05) is 24.7 Å². The van der Waals surface area contributed by atoms with E-state index in [0.29, 0.717) is 35.6 Å². The molecule has 0 saturated carbocycles. The molecule has 0 bridgehead atoms. The van der Waals surface area contributed by atoms with Gasteiger partial charge in [-0.05, 0) is 47.0 Å². The normalized spacial score (nSPS) is 12.2. The molecular weight excluding hydrogens is 391 g/mol. The standard InChI is InChI=1S/C21H29FN4O4/c1-21(2,3)30-20(27)24-12-15(11-22)14-29-16-6-7-17-18(10-16)23-13-19(25-17)28-9-8-26(4)5/h6-7,10-11,13H,8-9,12,14H2,1-5H3,(H,24,27)/b15-11+. The van der Waals surface area contributed by atoms with Crippen LogP contribution in [0.2, 0.25) is 0 Å². The number of rotatable bonds is 9. The summed E-state index contributed by atoms with van der Waals surface area (Å²) in [6.07, 6.45) is 1.35. The summed E-state index contributed by atoms with van der Waals surface area (Å²) in [6, 6.07) is 5.19. The fourth-order valence-electron chi connectivity index (χ4n) is 2.26. The Bertz CT molecular complexity index is 881. The van der Waals surface area contributed by atoms with E-state index in [0.717, 1.165) is 6.54 Å². The molecule has 0 saturated heterocycles.